The predicted octanol–water partition coefficient (Wildman–Crippen LogP) is 3.67. The van der Waals surface area contributed by atoms with Crippen molar-refractivity contribution in [1.29, 1.82) is 5.26 Å². The second kappa shape index (κ2) is 4.81. The van der Waals surface area contributed by atoms with Crippen LogP contribution < -0.4 is 0 Å². The number of rotatable bonds is 4. The van der Waals surface area contributed by atoms with Crippen molar-refractivity contribution in [1.82, 2.24) is 0 Å². The molecule has 0 spiro atoms. The first kappa shape index (κ1) is 13.0. The van der Waals surface area contributed by atoms with Crippen molar-refractivity contribution in [3.8, 4) is 6.07 Å². The van der Waals surface area contributed by atoms with E-state index in [-0.39, 0.29) is 0 Å². The highest BCUT2D eigenvalue weighted by Crippen LogP contribution is 2.32. The molecule has 0 heterocycles. The van der Waals surface area contributed by atoms with Crippen LogP contribution in [0.2, 0.25) is 19.6 Å². The van der Waals surface area contributed by atoms with Crippen LogP contribution in [0.5, 0.6) is 0 Å². The van der Waals surface area contributed by atoms with Gasteiger partial charge in [-0.3, -0.25) is 0 Å². The minimum absolute atomic E-state index is 0.678. The molecule has 86 valence electrons. The van der Waals surface area contributed by atoms with Crippen molar-refractivity contribution in [3.63, 3.8) is 0 Å². The maximum absolute atomic E-state index is 9.44. The minimum Gasteiger partial charge on any atom is -0.396 e. The first-order chi connectivity index (χ1) is 7.43. The molecule has 2 nitrogen and oxygen atoms in total. The zero-order valence-corrected chi connectivity index (χ0v) is 11.4. The van der Waals surface area contributed by atoms with Crippen molar-refractivity contribution in [2.24, 2.45) is 0 Å². The standard InChI is InChI=1S/C13H19NOSi/c1-5-13(11-14,15-16(2,3)4)12-9-7-6-8-10-12/h6-10H,5H2,1-4H3. The third kappa shape index (κ3) is 2.94. The highest BCUT2D eigenvalue weighted by atomic mass is 28.4. The lowest BCUT2D eigenvalue weighted by Crippen LogP contribution is -2.39. The lowest BCUT2D eigenvalue weighted by Gasteiger charge is -2.33. The highest BCUT2D eigenvalue weighted by molar-refractivity contribution is 6.69. The Morgan fingerprint density at radius 2 is 1.81 bits per heavy atom. The summed E-state index contributed by atoms with van der Waals surface area (Å²) < 4.78 is 6.09. The van der Waals surface area contributed by atoms with Gasteiger partial charge in [0.1, 0.15) is 6.07 Å². The van der Waals surface area contributed by atoms with Crippen LogP contribution in [0.25, 0.3) is 0 Å². The van der Waals surface area contributed by atoms with Gasteiger partial charge in [0.2, 0.25) is 0 Å². The van der Waals surface area contributed by atoms with Gasteiger partial charge in [0, 0.05) is 0 Å². The van der Waals surface area contributed by atoms with Crippen LogP contribution in [-0.2, 0) is 10.0 Å². The Labute approximate surface area is 99.0 Å². The van der Waals surface area contributed by atoms with E-state index in [4.69, 9.17) is 4.43 Å². The molecule has 1 atom stereocenters. The predicted molar refractivity (Wildman–Crippen MR) is 68.5 cm³/mol. The van der Waals surface area contributed by atoms with Gasteiger partial charge in [-0.25, -0.2) is 0 Å². The highest BCUT2D eigenvalue weighted by Gasteiger charge is 2.36. The molecule has 0 radical (unpaired) electrons. The molecular formula is C13H19NOSi. The molecular weight excluding hydrogens is 214 g/mol. The summed E-state index contributed by atoms with van der Waals surface area (Å²) in [6.07, 6.45) is 0.678. The van der Waals surface area contributed by atoms with Crippen LogP contribution >= 0.6 is 0 Å². The third-order valence-electron chi connectivity index (χ3n) is 2.40. The van der Waals surface area contributed by atoms with Crippen LogP contribution in [0.4, 0.5) is 0 Å². The summed E-state index contributed by atoms with van der Waals surface area (Å²) >= 11 is 0. The van der Waals surface area contributed by atoms with E-state index in [2.05, 4.69) is 25.7 Å². The van der Waals surface area contributed by atoms with Gasteiger partial charge in [0.25, 0.3) is 0 Å². The Hall–Kier alpha value is -1.11. The molecule has 0 saturated heterocycles. The zero-order chi connectivity index (χ0) is 12.2. The summed E-state index contributed by atoms with van der Waals surface area (Å²) in [6, 6.07) is 12.1. The zero-order valence-electron chi connectivity index (χ0n) is 10.4. The Balaban J connectivity index is 3.13. The summed E-state index contributed by atoms with van der Waals surface area (Å²) in [5, 5.41) is 9.44. The van der Waals surface area contributed by atoms with Gasteiger partial charge in [0.15, 0.2) is 13.9 Å². The normalized spacial score (nSPS) is 15.2. The Morgan fingerprint density at radius 3 is 2.19 bits per heavy atom. The Bertz CT molecular complexity index is 377. The second-order valence-electron chi connectivity index (χ2n) is 4.87. The third-order valence-corrected chi connectivity index (χ3v) is 3.36. The molecule has 0 bridgehead atoms. The topological polar surface area (TPSA) is 33.0 Å². The molecule has 1 aromatic rings. The quantitative estimate of drug-likeness (QED) is 0.743. The maximum atomic E-state index is 9.44. The molecule has 0 amide bonds. The monoisotopic (exact) mass is 233 g/mol. The van der Waals surface area contributed by atoms with Gasteiger partial charge in [-0.15, -0.1) is 0 Å². The smallest absolute Gasteiger partial charge is 0.186 e. The van der Waals surface area contributed by atoms with Crippen LogP contribution in [0.1, 0.15) is 18.9 Å². The summed E-state index contributed by atoms with van der Waals surface area (Å²) in [5.74, 6) is 0. The lowest BCUT2D eigenvalue weighted by molar-refractivity contribution is 0.114. The van der Waals surface area contributed by atoms with Gasteiger partial charge in [-0.2, -0.15) is 5.26 Å². The second-order valence-corrected chi connectivity index (χ2v) is 9.30. The van der Waals surface area contributed by atoms with E-state index in [1.807, 2.05) is 37.3 Å². The van der Waals surface area contributed by atoms with Gasteiger partial charge >= 0.3 is 0 Å². The van der Waals surface area contributed by atoms with E-state index in [1.165, 1.54) is 0 Å². The van der Waals surface area contributed by atoms with Crippen molar-refractivity contribution in [3.05, 3.63) is 35.9 Å². The molecule has 0 aliphatic carbocycles. The molecule has 0 fully saturated rings. The van der Waals surface area contributed by atoms with Gasteiger partial charge in [0.05, 0.1) is 0 Å². The average Bonchev–Trinajstić information content (AvgIpc) is 2.26. The van der Waals surface area contributed by atoms with Crippen molar-refractivity contribution >= 4 is 8.32 Å². The van der Waals surface area contributed by atoms with Gasteiger partial charge in [-0.05, 0) is 31.6 Å². The fourth-order valence-electron chi connectivity index (χ4n) is 1.73. The van der Waals surface area contributed by atoms with Crippen LogP contribution in [0.15, 0.2) is 30.3 Å². The SMILES string of the molecule is CCC(C#N)(O[Si](C)(C)C)c1ccccc1. The fraction of sp³-hybridized carbons (Fsp3) is 0.462. The van der Waals surface area contributed by atoms with Crippen molar-refractivity contribution in [2.45, 2.75) is 38.6 Å². The van der Waals surface area contributed by atoms with Gasteiger partial charge < -0.3 is 4.43 Å². The molecule has 0 aliphatic heterocycles. The first-order valence-corrected chi connectivity index (χ1v) is 9.01. The summed E-state index contributed by atoms with van der Waals surface area (Å²) in [7, 11) is -1.74. The van der Waals surface area contributed by atoms with Crippen molar-refractivity contribution in [2.75, 3.05) is 0 Å². The Kier molecular flexibility index (Phi) is 3.90. The van der Waals surface area contributed by atoms with Crippen LogP contribution in [-0.4, -0.2) is 8.32 Å². The maximum Gasteiger partial charge on any atom is 0.186 e. The van der Waals surface area contributed by atoms with E-state index in [1.54, 1.807) is 0 Å². The molecule has 1 rings (SSSR count). The Morgan fingerprint density at radius 1 is 1.25 bits per heavy atom. The number of hydrogen-bond acceptors (Lipinski definition) is 2. The van der Waals surface area contributed by atoms with E-state index < -0.39 is 13.9 Å². The van der Waals surface area contributed by atoms with E-state index in [0.29, 0.717) is 6.42 Å². The minimum atomic E-state index is -1.74. The largest absolute Gasteiger partial charge is 0.396 e. The molecule has 0 N–H and O–H groups in total. The number of benzene rings is 1. The average molecular weight is 233 g/mol. The molecule has 1 unspecified atom stereocenters. The fourth-order valence-corrected chi connectivity index (χ4v) is 3.08. The van der Waals surface area contributed by atoms with E-state index in [0.717, 1.165) is 5.56 Å². The van der Waals surface area contributed by atoms with Crippen molar-refractivity contribution < 1.29 is 4.43 Å². The van der Waals surface area contributed by atoms with Crippen LogP contribution in [0, 0.1) is 11.3 Å². The number of hydrogen-bond donors (Lipinski definition) is 0. The van der Waals surface area contributed by atoms with Crippen LogP contribution in [0.3, 0.4) is 0 Å². The molecule has 0 saturated carbocycles. The lowest BCUT2D eigenvalue weighted by atomic mass is 9.93. The first-order valence-electron chi connectivity index (χ1n) is 5.60. The number of nitriles is 1. The van der Waals surface area contributed by atoms with E-state index in [9.17, 15) is 5.26 Å². The molecule has 1 aromatic carbocycles. The summed E-state index contributed by atoms with van der Waals surface area (Å²) in [5.41, 5.74) is 0.188. The van der Waals surface area contributed by atoms with Gasteiger partial charge in [-0.1, -0.05) is 37.3 Å². The summed E-state index contributed by atoms with van der Waals surface area (Å²) in [4.78, 5) is 0. The number of nitrogens with zero attached hydrogens (tertiary/aromatic N) is 1. The summed E-state index contributed by atoms with van der Waals surface area (Å²) in [6.45, 7) is 8.32. The molecule has 0 aromatic heterocycles. The van der Waals surface area contributed by atoms with E-state index >= 15 is 0 Å². The molecule has 3 heteroatoms. The molecule has 0 aliphatic rings. The molecule has 16 heavy (non-hydrogen) atoms.